The summed E-state index contributed by atoms with van der Waals surface area (Å²) in [6.45, 7) is 1.99. The van der Waals surface area contributed by atoms with Crippen molar-refractivity contribution in [2.75, 3.05) is 6.61 Å². The van der Waals surface area contributed by atoms with E-state index in [0.29, 0.717) is 6.61 Å². The van der Waals surface area contributed by atoms with E-state index in [4.69, 9.17) is 14.2 Å². The van der Waals surface area contributed by atoms with Gasteiger partial charge in [0.1, 0.15) is 24.4 Å². The van der Waals surface area contributed by atoms with E-state index in [1.54, 1.807) is 0 Å². The number of hydrogen-bond donors (Lipinski definition) is 3. The summed E-state index contributed by atoms with van der Waals surface area (Å²) in [6, 6.07) is 18.2. The molecule has 3 rings (SSSR count). The van der Waals surface area contributed by atoms with Crippen molar-refractivity contribution >= 4 is 5.91 Å². The molecule has 1 fully saturated rings. The van der Waals surface area contributed by atoms with E-state index in [2.05, 4.69) is 5.32 Å². The molecule has 0 saturated carbocycles. The van der Waals surface area contributed by atoms with Crippen LogP contribution >= 0.6 is 0 Å². The Morgan fingerprint density at radius 2 is 1.59 bits per heavy atom. The van der Waals surface area contributed by atoms with Crippen molar-refractivity contribution in [2.45, 2.75) is 50.8 Å². The summed E-state index contributed by atoms with van der Waals surface area (Å²) in [5.74, 6) is -0.350. The minimum absolute atomic E-state index is 0.0745. The van der Waals surface area contributed by atoms with Crippen LogP contribution in [-0.2, 0) is 32.2 Å². The Balaban J connectivity index is 1.64. The Morgan fingerprint density at radius 1 is 1.00 bits per heavy atom. The Morgan fingerprint density at radius 3 is 2.17 bits per heavy atom. The van der Waals surface area contributed by atoms with Crippen LogP contribution in [0.15, 0.2) is 60.7 Å². The molecule has 7 heteroatoms. The van der Waals surface area contributed by atoms with Crippen LogP contribution in [0.1, 0.15) is 18.1 Å². The maximum absolute atomic E-state index is 11.6. The van der Waals surface area contributed by atoms with Crippen LogP contribution < -0.4 is 5.32 Å². The number of amides is 1. The van der Waals surface area contributed by atoms with Crippen LogP contribution in [0.25, 0.3) is 0 Å². The van der Waals surface area contributed by atoms with E-state index in [1.165, 1.54) is 6.92 Å². The summed E-state index contributed by atoms with van der Waals surface area (Å²) in [5, 5.41) is 23.8. The Hall–Kier alpha value is -2.29. The smallest absolute Gasteiger partial charge is 0.217 e. The molecule has 1 heterocycles. The molecule has 1 unspecified atom stereocenters. The fraction of sp³-hybridized carbons (Fsp3) is 0.409. The first-order chi connectivity index (χ1) is 14.0. The topological polar surface area (TPSA) is 97.3 Å². The molecule has 2 aromatic carbocycles. The zero-order chi connectivity index (χ0) is 20.6. The highest BCUT2D eigenvalue weighted by Crippen LogP contribution is 2.24. The van der Waals surface area contributed by atoms with Crippen molar-refractivity contribution in [1.29, 1.82) is 0 Å². The second-order valence-electron chi connectivity index (χ2n) is 7.04. The second kappa shape index (κ2) is 10.5. The molecule has 156 valence electrons. The lowest BCUT2D eigenvalue weighted by atomic mass is 9.96. The largest absolute Gasteiger partial charge is 0.388 e. The first kappa shape index (κ1) is 21.4. The maximum atomic E-state index is 11.6. The summed E-state index contributed by atoms with van der Waals surface area (Å²) in [5.41, 5.74) is 1.91. The molecule has 3 N–H and O–H groups in total. The van der Waals surface area contributed by atoms with Crippen molar-refractivity contribution < 1.29 is 29.2 Å². The molecule has 0 radical (unpaired) electrons. The van der Waals surface area contributed by atoms with Crippen LogP contribution in [-0.4, -0.2) is 53.4 Å². The minimum atomic E-state index is -1.33. The Kier molecular flexibility index (Phi) is 7.74. The van der Waals surface area contributed by atoms with Gasteiger partial charge in [-0.05, 0) is 11.1 Å². The Bertz CT molecular complexity index is 756. The fourth-order valence-corrected chi connectivity index (χ4v) is 3.29. The number of benzene rings is 2. The third-order valence-electron chi connectivity index (χ3n) is 4.74. The molecule has 0 spiro atoms. The lowest BCUT2D eigenvalue weighted by molar-refractivity contribution is -0.266. The van der Waals surface area contributed by atoms with E-state index < -0.39 is 30.6 Å². The standard InChI is InChI=1S/C22H27NO6/c1-15(24)23-19-21(28-13-17-10-6-3-7-11-17)20(25)18(29-22(19)26)14-27-12-16-8-4-2-5-9-16/h2-11,18-22,25-26H,12-14H2,1H3,(H,23,24)/t18?,19-,20+,21-,22-/m0/s1. The van der Waals surface area contributed by atoms with E-state index in [0.717, 1.165) is 11.1 Å². The van der Waals surface area contributed by atoms with Crippen molar-refractivity contribution in [3.05, 3.63) is 71.8 Å². The van der Waals surface area contributed by atoms with Crippen LogP contribution in [0.3, 0.4) is 0 Å². The normalized spacial score (nSPS) is 26.8. The highest BCUT2D eigenvalue weighted by Gasteiger charge is 2.46. The van der Waals surface area contributed by atoms with E-state index in [9.17, 15) is 15.0 Å². The van der Waals surface area contributed by atoms with Crippen LogP contribution in [0.5, 0.6) is 0 Å². The maximum Gasteiger partial charge on any atom is 0.217 e. The van der Waals surface area contributed by atoms with Crippen molar-refractivity contribution in [3.63, 3.8) is 0 Å². The summed E-state index contributed by atoms with van der Waals surface area (Å²) in [4.78, 5) is 11.6. The average Bonchev–Trinajstić information content (AvgIpc) is 2.72. The first-order valence-electron chi connectivity index (χ1n) is 9.60. The third-order valence-corrected chi connectivity index (χ3v) is 4.74. The van der Waals surface area contributed by atoms with Gasteiger partial charge in [0.2, 0.25) is 5.91 Å². The molecular weight excluding hydrogens is 374 g/mol. The highest BCUT2D eigenvalue weighted by molar-refractivity contribution is 5.73. The van der Waals surface area contributed by atoms with Gasteiger partial charge in [0.25, 0.3) is 0 Å². The number of aliphatic hydroxyl groups excluding tert-OH is 2. The number of rotatable bonds is 8. The third kappa shape index (κ3) is 6.09. The van der Waals surface area contributed by atoms with Crippen molar-refractivity contribution in [2.24, 2.45) is 0 Å². The zero-order valence-corrected chi connectivity index (χ0v) is 16.3. The van der Waals surface area contributed by atoms with E-state index >= 15 is 0 Å². The molecule has 2 aromatic rings. The van der Waals surface area contributed by atoms with Gasteiger partial charge in [0.05, 0.1) is 19.8 Å². The molecular formula is C22H27NO6. The second-order valence-corrected chi connectivity index (χ2v) is 7.04. The van der Waals surface area contributed by atoms with Crippen LogP contribution in [0.2, 0.25) is 0 Å². The lowest BCUT2D eigenvalue weighted by Gasteiger charge is -2.42. The summed E-state index contributed by atoms with van der Waals surface area (Å²) in [7, 11) is 0. The first-order valence-corrected chi connectivity index (χ1v) is 9.60. The molecule has 0 aromatic heterocycles. The van der Waals surface area contributed by atoms with Gasteiger partial charge in [0, 0.05) is 6.92 Å². The van der Waals surface area contributed by atoms with Crippen molar-refractivity contribution in [3.8, 4) is 0 Å². The van der Waals surface area contributed by atoms with Crippen molar-refractivity contribution in [1.82, 2.24) is 5.32 Å². The molecule has 0 bridgehead atoms. The molecule has 1 aliphatic rings. The lowest BCUT2D eigenvalue weighted by Crippen LogP contribution is -2.64. The number of carbonyl (C=O) groups excluding carboxylic acids is 1. The number of ether oxygens (including phenoxy) is 3. The molecule has 0 aliphatic carbocycles. The van der Waals surface area contributed by atoms with Gasteiger partial charge in [-0.2, -0.15) is 0 Å². The molecule has 1 saturated heterocycles. The monoisotopic (exact) mass is 401 g/mol. The van der Waals surface area contributed by atoms with Gasteiger partial charge in [-0.3, -0.25) is 4.79 Å². The Labute approximate surface area is 170 Å². The van der Waals surface area contributed by atoms with E-state index in [1.807, 2.05) is 60.7 Å². The summed E-state index contributed by atoms with van der Waals surface area (Å²) >= 11 is 0. The van der Waals surface area contributed by atoms with Gasteiger partial charge < -0.3 is 29.7 Å². The molecule has 7 nitrogen and oxygen atoms in total. The predicted molar refractivity (Wildman–Crippen MR) is 106 cm³/mol. The number of hydrogen-bond acceptors (Lipinski definition) is 6. The van der Waals surface area contributed by atoms with Gasteiger partial charge in [-0.25, -0.2) is 0 Å². The number of aliphatic hydroxyl groups is 2. The van der Waals surface area contributed by atoms with Gasteiger partial charge in [-0.1, -0.05) is 60.7 Å². The van der Waals surface area contributed by atoms with Gasteiger partial charge >= 0.3 is 0 Å². The van der Waals surface area contributed by atoms with Crippen LogP contribution in [0.4, 0.5) is 0 Å². The summed E-state index contributed by atoms with van der Waals surface area (Å²) < 4.78 is 17.1. The molecule has 5 atom stereocenters. The molecule has 1 aliphatic heterocycles. The predicted octanol–water partition coefficient (Wildman–Crippen LogP) is 1.37. The highest BCUT2D eigenvalue weighted by atomic mass is 16.6. The van der Waals surface area contributed by atoms with Gasteiger partial charge in [-0.15, -0.1) is 0 Å². The SMILES string of the molecule is CC(=O)N[C@H]1[C@H](OCc2ccccc2)[C@H](O)C(COCc2ccccc2)O[C@@H]1O. The molecule has 1 amide bonds. The average molecular weight is 401 g/mol. The number of carbonyl (C=O) groups is 1. The van der Waals surface area contributed by atoms with Gasteiger partial charge in [0.15, 0.2) is 6.29 Å². The zero-order valence-electron chi connectivity index (χ0n) is 16.3. The minimum Gasteiger partial charge on any atom is -0.388 e. The van der Waals surface area contributed by atoms with E-state index in [-0.39, 0.29) is 19.1 Å². The summed E-state index contributed by atoms with van der Waals surface area (Å²) in [6.07, 6.45) is -4.06. The fourth-order valence-electron chi connectivity index (χ4n) is 3.29. The quantitative estimate of drug-likeness (QED) is 0.618. The van der Waals surface area contributed by atoms with Crippen LogP contribution in [0, 0.1) is 0 Å². The number of nitrogens with one attached hydrogen (secondary N) is 1. The molecule has 29 heavy (non-hydrogen) atoms.